The molecule has 0 saturated carbocycles. The van der Waals surface area contributed by atoms with Crippen molar-refractivity contribution in [1.29, 1.82) is 0 Å². The number of ether oxygens (including phenoxy) is 1. The van der Waals surface area contributed by atoms with Crippen LogP contribution in [-0.2, 0) is 6.54 Å². The van der Waals surface area contributed by atoms with Crippen LogP contribution in [0.2, 0.25) is 0 Å². The zero-order valence-electron chi connectivity index (χ0n) is 11.3. The van der Waals surface area contributed by atoms with E-state index >= 15 is 0 Å². The average molecular weight is 251 g/mol. The molecule has 2 rings (SSSR count). The van der Waals surface area contributed by atoms with Crippen molar-refractivity contribution in [1.82, 2.24) is 4.57 Å². The first-order valence-corrected chi connectivity index (χ1v) is 6.25. The van der Waals surface area contributed by atoms with E-state index in [1.165, 1.54) is 0 Å². The van der Waals surface area contributed by atoms with Crippen molar-refractivity contribution in [2.75, 3.05) is 7.11 Å². The Balaban J connectivity index is 2.28. The highest BCUT2D eigenvalue weighted by atomic mass is 16.5. The lowest BCUT2D eigenvalue weighted by atomic mass is 10.2. The molecule has 0 spiro atoms. The lowest BCUT2D eigenvalue weighted by Crippen LogP contribution is -1.92. The molecule has 0 bridgehead atoms. The van der Waals surface area contributed by atoms with E-state index in [1.54, 1.807) is 7.11 Å². The van der Waals surface area contributed by atoms with Crippen molar-refractivity contribution in [3.8, 4) is 17.6 Å². The van der Waals surface area contributed by atoms with Crippen LogP contribution in [0.4, 0.5) is 0 Å². The maximum Gasteiger partial charge on any atom is 0.120 e. The second-order valence-electron chi connectivity index (χ2n) is 4.13. The van der Waals surface area contributed by atoms with Crippen molar-refractivity contribution >= 4 is 6.08 Å². The van der Waals surface area contributed by atoms with E-state index in [-0.39, 0.29) is 0 Å². The van der Waals surface area contributed by atoms with E-state index in [1.807, 2.05) is 42.6 Å². The first-order chi connectivity index (χ1) is 9.26. The molecule has 0 fully saturated rings. The van der Waals surface area contributed by atoms with Gasteiger partial charge in [-0.15, -0.1) is 0 Å². The summed E-state index contributed by atoms with van der Waals surface area (Å²) in [5.74, 6) is 7.14. The van der Waals surface area contributed by atoms with Crippen molar-refractivity contribution < 1.29 is 4.74 Å². The Bertz CT molecular complexity index is 641. The summed E-state index contributed by atoms with van der Waals surface area (Å²) in [6.45, 7) is 6.83. The number of aryl methyl sites for hydroxylation is 1. The molecule has 2 nitrogen and oxygen atoms in total. The van der Waals surface area contributed by atoms with E-state index in [9.17, 15) is 0 Å². The van der Waals surface area contributed by atoms with Gasteiger partial charge >= 0.3 is 0 Å². The third kappa shape index (κ3) is 3.08. The van der Waals surface area contributed by atoms with Gasteiger partial charge in [0.15, 0.2) is 0 Å². The fraction of sp³-hybridized carbons (Fsp3) is 0.176. The summed E-state index contributed by atoms with van der Waals surface area (Å²) in [6, 6.07) is 9.80. The van der Waals surface area contributed by atoms with Gasteiger partial charge in [0.1, 0.15) is 5.75 Å². The molecule has 96 valence electrons. The lowest BCUT2D eigenvalue weighted by molar-refractivity contribution is 0.414. The Morgan fingerprint density at radius 3 is 2.68 bits per heavy atom. The first-order valence-electron chi connectivity index (χ1n) is 6.25. The third-order valence-corrected chi connectivity index (χ3v) is 2.90. The van der Waals surface area contributed by atoms with E-state index in [0.29, 0.717) is 0 Å². The third-order valence-electron chi connectivity index (χ3n) is 2.90. The molecule has 0 radical (unpaired) electrons. The number of nitrogens with zero attached hydrogens (tertiary/aromatic N) is 1. The number of benzene rings is 1. The number of hydrogen-bond donors (Lipinski definition) is 0. The molecule has 1 aromatic heterocycles. The van der Waals surface area contributed by atoms with Gasteiger partial charge in [0.25, 0.3) is 0 Å². The molecule has 0 aliphatic heterocycles. The fourth-order valence-electron chi connectivity index (χ4n) is 1.89. The van der Waals surface area contributed by atoms with Gasteiger partial charge in [0, 0.05) is 29.6 Å². The van der Waals surface area contributed by atoms with Crippen molar-refractivity contribution in [3.63, 3.8) is 0 Å². The zero-order chi connectivity index (χ0) is 13.7. The molecule has 0 aliphatic rings. The van der Waals surface area contributed by atoms with E-state index < -0.39 is 0 Å². The highest BCUT2D eigenvalue weighted by Crippen LogP contribution is 2.12. The molecule has 2 aromatic rings. The Morgan fingerprint density at radius 2 is 2.05 bits per heavy atom. The Morgan fingerprint density at radius 1 is 1.26 bits per heavy atom. The highest BCUT2D eigenvalue weighted by Gasteiger charge is 1.99. The standard InChI is InChI=1S/C17H17NO/c1-4-16-11-15(13-18(16)5-2)10-9-14-7-6-8-17(12-14)19-3/h4,6-8,11-13H,1,5H2,2-3H3. The SMILES string of the molecule is C=Cc1cc(C#Cc2cccc(OC)c2)cn1CC. The predicted molar refractivity (Wildman–Crippen MR) is 79.2 cm³/mol. The Kier molecular flexibility index (Phi) is 4.10. The normalized spacial score (nSPS) is 9.58. The number of hydrogen-bond acceptors (Lipinski definition) is 1. The highest BCUT2D eigenvalue weighted by molar-refractivity contribution is 5.51. The number of aromatic nitrogens is 1. The quantitative estimate of drug-likeness (QED) is 0.761. The van der Waals surface area contributed by atoms with Crippen LogP contribution in [0.25, 0.3) is 6.08 Å². The molecule has 0 aliphatic carbocycles. The van der Waals surface area contributed by atoms with Gasteiger partial charge in [0.2, 0.25) is 0 Å². The summed E-state index contributed by atoms with van der Waals surface area (Å²) in [5, 5.41) is 0. The van der Waals surface area contributed by atoms with Crippen LogP contribution in [0.5, 0.6) is 5.75 Å². The summed E-state index contributed by atoms with van der Waals surface area (Å²) >= 11 is 0. The molecule has 1 heterocycles. The molecule has 0 amide bonds. The zero-order valence-corrected chi connectivity index (χ0v) is 11.3. The van der Waals surface area contributed by atoms with Crippen LogP contribution in [0.15, 0.2) is 43.1 Å². The van der Waals surface area contributed by atoms with Crippen LogP contribution in [0.1, 0.15) is 23.7 Å². The monoisotopic (exact) mass is 251 g/mol. The van der Waals surface area contributed by atoms with Crippen LogP contribution in [-0.4, -0.2) is 11.7 Å². The van der Waals surface area contributed by atoms with Gasteiger partial charge in [-0.3, -0.25) is 0 Å². The minimum Gasteiger partial charge on any atom is -0.497 e. The molecule has 19 heavy (non-hydrogen) atoms. The largest absolute Gasteiger partial charge is 0.497 e. The predicted octanol–water partition coefficient (Wildman–Crippen LogP) is 3.56. The molecule has 1 aromatic carbocycles. The Labute approximate surface area is 114 Å². The average Bonchev–Trinajstić information content (AvgIpc) is 2.87. The van der Waals surface area contributed by atoms with Crippen LogP contribution >= 0.6 is 0 Å². The molecule has 0 N–H and O–H groups in total. The number of rotatable bonds is 3. The molecule has 0 saturated heterocycles. The second kappa shape index (κ2) is 5.97. The van der Waals surface area contributed by atoms with Crippen molar-refractivity contribution in [2.24, 2.45) is 0 Å². The number of methoxy groups -OCH3 is 1. The van der Waals surface area contributed by atoms with Crippen LogP contribution < -0.4 is 4.74 Å². The minimum absolute atomic E-state index is 0.824. The molecular formula is C17H17NO. The van der Waals surface area contributed by atoms with Gasteiger partial charge < -0.3 is 9.30 Å². The Hall–Kier alpha value is -2.40. The molecular weight excluding hydrogens is 234 g/mol. The van der Waals surface area contributed by atoms with Gasteiger partial charge in [-0.05, 0) is 37.3 Å². The minimum atomic E-state index is 0.824. The second-order valence-corrected chi connectivity index (χ2v) is 4.13. The smallest absolute Gasteiger partial charge is 0.120 e. The maximum absolute atomic E-state index is 5.18. The summed E-state index contributed by atoms with van der Waals surface area (Å²) in [7, 11) is 1.66. The fourth-order valence-corrected chi connectivity index (χ4v) is 1.89. The molecule has 0 atom stereocenters. The molecule has 0 unspecified atom stereocenters. The molecule has 2 heteroatoms. The van der Waals surface area contributed by atoms with Crippen LogP contribution in [0.3, 0.4) is 0 Å². The van der Waals surface area contributed by atoms with E-state index in [0.717, 1.165) is 29.1 Å². The van der Waals surface area contributed by atoms with Crippen molar-refractivity contribution in [3.05, 3.63) is 59.9 Å². The topological polar surface area (TPSA) is 14.2 Å². The summed E-state index contributed by atoms with van der Waals surface area (Å²) in [6.07, 6.45) is 3.89. The summed E-state index contributed by atoms with van der Waals surface area (Å²) in [4.78, 5) is 0. The van der Waals surface area contributed by atoms with Crippen molar-refractivity contribution in [2.45, 2.75) is 13.5 Å². The summed E-state index contributed by atoms with van der Waals surface area (Å²) < 4.78 is 7.31. The lowest BCUT2D eigenvalue weighted by Gasteiger charge is -1.98. The van der Waals surface area contributed by atoms with E-state index in [4.69, 9.17) is 4.74 Å². The van der Waals surface area contributed by atoms with E-state index in [2.05, 4.69) is 29.9 Å². The maximum atomic E-state index is 5.18. The van der Waals surface area contributed by atoms with Gasteiger partial charge in [0.05, 0.1) is 7.11 Å². The van der Waals surface area contributed by atoms with Gasteiger partial charge in [-0.1, -0.05) is 24.5 Å². The van der Waals surface area contributed by atoms with Gasteiger partial charge in [-0.2, -0.15) is 0 Å². The summed E-state index contributed by atoms with van der Waals surface area (Å²) in [5.41, 5.74) is 3.04. The van der Waals surface area contributed by atoms with Gasteiger partial charge in [-0.25, -0.2) is 0 Å². The first kappa shape index (κ1) is 13.0. The van der Waals surface area contributed by atoms with Crippen LogP contribution in [0, 0.1) is 11.8 Å².